The van der Waals surface area contributed by atoms with Crippen molar-refractivity contribution < 1.29 is 9.47 Å². The van der Waals surface area contributed by atoms with Gasteiger partial charge in [-0.15, -0.1) is 5.10 Å². The lowest BCUT2D eigenvalue weighted by molar-refractivity contribution is 0.290. The Morgan fingerprint density at radius 1 is 1.07 bits per heavy atom. The number of tetrazole rings is 1. The zero-order chi connectivity index (χ0) is 20.4. The molecule has 0 amide bonds. The van der Waals surface area contributed by atoms with Crippen molar-refractivity contribution in [3.05, 3.63) is 70.4 Å². The zero-order valence-electron chi connectivity index (χ0n) is 16.2. The average Bonchev–Trinajstić information content (AvgIpc) is 3.34. The van der Waals surface area contributed by atoms with Crippen molar-refractivity contribution in [2.45, 2.75) is 13.5 Å². The molecule has 0 saturated carbocycles. The maximum atomic E-state index is 12.3. The molecule has 10 nitrogen and oxygen atoms in total. The second-order valence-corrected chi connectivity index (χ2v) is 6.29. The molecule has 0 bridgehead atoms. The first-order valence-electron chi connectivity index (χ1n) is 8.84. The number of aromatic nitrogens is 7. The number of ether oxygens (including phenoxy) is 2. The van der Waals surface area contributed by atoms with E-state index in [4.69, 9.17) is 9.47 Å². The molecule has 29 heavy (non-hydrogen) atoms. The van der Waals surface area contributed by atoms with Gasteiger partial charge in [0.25, 0.3) is 0 Å². The largest absolute Gasteiger partial charge is 0.479 e. The number of aryl methyl sites for hydroxylation is 2. The Hall–Kier alpha value is -3.95. The van der Waals surface area contributed by atoms with Crippen LogP contribution in [0.5, 0.6) is 11.8 Å². The monoisotopic (exact) mass is 393 g/mol. The van der Waals surface area contributed by atoms with Gasteiger partial charge in [-0.05, 0) is 41.1 Å². The summed E-state index contributed by atoms with van der Waals surface area (Å²) in [6, 6.07) is 11.0. The molecule has 0 spiro atoms. The maximum Gasteiger partial charge on any atom is 0.368 e. The molecule has 0 saturated heterocycles. The summed E-state index contributed by atoms with van der Waals surface area (Å²) in [5.74, 6) is 0.891. The van der Waals surface area contributed by atoms with Crippen LogP contribution >= 0.6 is 0 Å². The Morgan fingerprint density at radius 3 is 2.66 bits per heavy atom. The lowest BCUT2D eigenvalue weighted by Gasteiger charge is -2.11. The third-order valence-corrected chi connectivity index (χ3v) is 4.46. The van der Waals surface area contributed by atoms with Gasteiger partial charge in [0.15, 0.2) is 0 Å². The molecule has 3 aromatic heterocycles. The molecule has 0 N–H and O–H groups in total. The van der Waals surface area contributed by atoms with Crippen molar-refractivity contribution in [1.29, 1.82) is 0 Å². The topological polar surface area (TPSA) is 102 Å². The van der Waals surface area contributed by atoms with Crippen LogP contribution in [0.3, 0.4) is 0 Å². The average molecular weight is 393 g/mol. The van der Waals surface area contributed by atoms with E-state index in [1.165, 1.54) is 9.36 Å². The van der Waals surface area contributed by atoms with Crippen LogP contribution in [-0.4, -0.2) is 41.7 Å². The first-order chi connectivity index (χ1) is 14.1. The van der Waals surface area contributed by atoms with Crippen molar-refractivity contribution in [2.75, 3.05) is 7.11 Å². The summed E-state index contributed by atoms with van der Waals surface area (Å²) in [7, 11) is 3.11. The highest BCUT2D eigenvalue weighted by molar-refractivity contribution is 5.45. The molecule has 1 aromatic carbocycles. The van der Waals surface area contributed by atoms with Gasteiger partial charge in [-0.3, -0.25) is 0 Å². The fourth-order valence-electron chi connectivity index (χ4n) is 2.92. The van der Waals surface area contributed by atoms with Crippen LogP contribution < -0.4 is 15.2 Å². The van der Waals surface area contributed by atoms with Gasteiger partial charge in [0.1, 0.15) is 12.3 Å². The van der Waals surface area contributed by atoms with Crippen molar-refractivity contribution in [1.82, 2.24) is 34.6 Å². The molecule has 0 unspecified atom stereocenters. The Morgan fingerprint density at radius 2 is 1.90 bits per heavy atom. The van der Waals surface area contributed by atoms with E-state index in [0.29, 0.717) is 23.1 Å². The van der Waals surface area contributed by atoms with E-state index in [1.54, 1.807) is 49.4 Å². The fourth-order valence-corrected chi connectivity index (χ4v) is 2.92. The molecule has 0 radical (unpaired) electrons. The number of pyridine rings is 1. The van der Waals surface area contributed by atoms with Gasteiger partial charge in [-0.2, -0.15) is 9.36 Å². The Bertz CT molecular complexity index is 1210. The van der Waals surface area contributed by atoms with Crippen molar-refractivity contribution in [3.63, 3.8) is 0 Å². The molecule has 0 fully saturated rings. The Kier molecular flexibility index (Phi) is 4.82. The second-order valence-electron chi connectivity index (χ2n) is 6.29. The molecular formula is C19H19N7O3. The number of hydrogen-bond acceptors (Lipinski definition) is 7. The van der Waals surface area contributed by atoms with Crippen molar-refractivity contribution >= 4 is 0 Å². The predicted molar refractivity (Wildman–Crippen MR) is 104 cm³/mol. The summed E-state index contributed by atoms with van der Waals surface area (Å²) in [5.41, 5.74) is 2.78. The molecule has 4 aromatic rings. The molecule has 10 heteroatoms. The van der Waals surface area contributed by atoms with Gasteiger partial charge in [-0.25, -0.2) is 14.5 Å². The van der Waals surface area contributed by atoms with Crippen LogP contribution in [0.15, 0.2) is 53.6 Å². The predicted octanol–water partition coefficient (Wildman–Crippen LogP) is 1.44. The van der Waals surface area contributed by atoms with Crippen LogP contribution in [0, 0.1) is 6.92 Å². The molecule has 148 valence electrons. The standard InChI is InChI=1S/C19H19N7O3/c1-13-6-4-7-15(26-19(27)24(2)22-23-26)14(13)12-29-17-9-11-25(21-17)16-8-5-10-20-18(16)28-3/h4-11H,12H2,1-3H3. The molecular weight excluding hydrogens is 374 g/mol. The summed E-state index contributed by atoms with van der Waals surface area (Å²) >= 11 is 0. The van der Waals surface area contributed by atoms with E-state index < -0.39 is 0 Å². The summed E-state index contributed by atoms with van der Waals surface area (Å²) in [6.07, 6.45) is 3.41. The molecule has 4 rings (SSSR count). The summed E-state index contributed by atoms with van der Waals surface area (Å²) in [4.78, 5) is 16.4. The van der Waals surface area contributed by atoms with E-state index in [1.807, 2.05) is 25.1 Å². The summed E-state index contributed by atoms with van der Waals surface area (Å²) < 4.78 is 15.2. The minimum Gasteiger partial charge on any atom is -0.479 e. The zero-order valence-corrected chi connectivity index (χ0v) is 16.2. The third kappa shape index (κ3) is 3.47. The maximum absolute atomic E-state index is 12.3. The molecule has 3 heterocycles. The van der Waals surface area contributed by atoms with Crippen LogP contribution in [0.2, 0.25) is 0 Å². The number of hydrogen-bond donors (Lipinski definition) is 0. The van der Waals surface area contributed by atoms with E-state index in [0.717, 1.165) is 11.1 Å². The van der Waals surface area contributed by atoms with Gasteiger partial charge >= 0.3 is 5.69 Å². The van der Waals surface area contributed by atoms with Gasteiger partial charge in [0.2, 0.25) is 11.8 Å². The normalized spacial score (nSPS) is 10.9. The van der Waals surface area contributed by atoms with Crippen molar-refractivity contribution in [2.24, 2.45) is 7.05 Å². The Labute approximate surface area is 165 Å². The lowest BCUT2D eigenvalue weighted by Crippen LogP contribution is -2.23. The SMILES string of the molecule is COc1ncccc1-n1ccc(OCc2c(C)cccc2-n2nnn(C)c2=O)n1. The summed E-state index contributed by atoms with van der Waals surface area (Å²) in [5, 5.41) is 12.1. The summed E-state index contributed by atoms with van der Waals surface area (Å²) in [6.45, 7) is 2.16. The smallest absolute Gasteiger partial charge is 0.368 e. The highest BCUT2D eigenvalue weighted by atomic mass is 16.5. The number of methoxy groups -OCH3 is 1. The fraction of sp³-hybridized carbons (Fsp3) is 0.211. The lowest BCUT2D eigenvalue weighted by atomic mass is 10.1. The second kappa shape index (κ2) is 7.58. The van der Waals surface area contributed by atoms with Crippen LogP contribution in [-0.2, 0) is 13.7 Å². The van der Waals surface area contributed by atoms with Crippen LogP contribution in [0.25, 0.3) is 11.4 Å². The Balaban J connectivity index is 1.60. The first kappa shape index (κ1) is 18.4. The molecule has 0 atom stereocenters. The molecule has 0 aliphatic carbocycles. The minimum absolute atomic E-state index is 0.214. The quantitative estimate of drug-likeness (QED) is 0.488. The molecule has 0 aliphatic rings. The van der Waals surface area contributed by atoms with E-state index in [-0.39, 0.29) is 12.3 Å². The number of benzene rings is 1. The molecule has 0 aliphatic heterocycles. The third-order valence-electron chi connectivity index (χ3n) is 4.46. The first-order valence-corrected chi connectivity index (χ1v) is 8.84. The minimum atomic E-state index is -0.329. The highest BCUT2D eigenvalue weighted by Crippen LogP contribution is 2.22. The van der Waals surface area contributed by atoms with Crippen LogP contribution in [0.4, 0.5) is 0 Å². The van der Waals surface area contributed by atoms with Crippen molar-refractivity contribution in [3.8, 4) is 23.1 Å². The van der Waals surface area contributed by atoms with Gasteiger partial charge in [0.05, 0.1) is 12.8 Å². The number of rotatable bonds is 6. The van der Waals surface area contributed by atoms with E-state index >= 15 is 0 Å². The van der Waals surface area contributed by atoms with E-state index in [9.17, 15) is 4.79 Å². The van der Waals surface area contributed by atoms with Gasteiger partial charge < -0.3 is 9.47 Å². The van der Waals surface area contributed by atoms with Crippen LogP contribution in [0.1, 0.15) is 11.1 Å². The van der Waals surface area contributed by atoms with Gasteiger partial charge in [0, 0.05) is 31.1 Å². The van der Waals surface area contributed by atoms with E-state index in [2.05, 4.69) is 20.5 Å². The number of nitrogens with zero attached hydrogens (tertiary/aromatic N) is 7. The highest BCUT2D eigenvalue weighted by Gasteiger charge is 2.14. The van der Waals surface area contributed by atoms with Gasteiger partial charge in [-0.1, -0.05) is 12.1 Å².